The summed E-state index contributed by atoms with van der Waals surface area (Å²) < 4.78 is 26.5. The largest absolute Gasteiger partial charge is 0.490 e. The Labute approximate surface area is 192 Å². The summed E-state index contributed by atoms with van der Waals surface area (Å²) in [6.45, 7) is 5.52. The lowest BCUT2D eigenvalue weighted by molar-refractivity contribution is 0.264. The van der Waals surface area contributed by atoms with Gasteiger partial charge in [0.05, 0.1) is 11.1 Å². The van der Waals surface area contributed by atoms with E-state index in [-0.39, 0.29) is 12.4 Å². The molecule has 0 radical (unpaired) electrons. The first-order chi connectivity index (χ1) is 15.1. The summed E-state index contributed by atoms with van der Waals surface area (Å²) in [6, 6.07) is 21.6. The Balaban J connectivity index is 1.61. The SMILES string of the molecule is CCOc1cc(CN[C@@H](C)CCc2ccccc2)cc(Br)c1OCc1ccccc1F. The maximum absolute atomic E-state index is 13.9. The molecular weight excluding hydrogens is 457 g/mol. The Morgan fingerprint density at radius 2 is 1.71 bits per heavy atom. The second kappa shape index (κ2) is 11.9. The summed E-state index contributed by atoms with van der Waals surface area (Å²) in [6.07, 6.45) is 2.11. The molecule has 0 aliphatic heterocycles. The van der Waals surface area contributed by atoms with Gasteiger partial charge in [0.2, 0.25) is 0 Å². The van der Waals surface area contributed by atoms with Gasteiger partial charge in [0.15, 0.2) is 11.5 Å². The molecule has 0 unspecified atom stereocenters. The summed E-state index contributed by atoms with van der Waals surface area (Å²) in [5, 5.41) is 3.58. The summed E-state index contributed by atoms with van der Waals surface area (Å²) in [5.74, 6) is 0.967. The van der Waals surface area contributed by atoms with Crippen LogP contribution in [0.25, 0.3) is 0 Å². The number of rotatable bonds is 11. The highest BCUT2D eigenvalue weighted by molar-refractivity contribution is 9.10. The van der Waals surface area contributed by atoms with Crippen LogP contribution in [0.3, 0.4) is 0 Å². The maximum Gasteiger partial charge on any atom is 0.175 e. The van der Waals surface area contributed by atoms with Crippen molar-refractivity contribution in [3.8, 4) is 11.5 Å². The molecule has 1 atom stereocenters. The Hall–Kier alpha value is -2.37. The molecule has 0 fully saturated rings. The topological polar surface area (TPSA) is 30.5 Å². The van der Waals surface area contributed by atoms with E-state index in [9.17, 15) is 4.39 Å². The van der Waals surface area contributed by atoms with Gasteiger partial charge < -0.3 is 14.8 Å². The fourth-order valence-electron chi connectivity index (χ4n) is 3.31. The van der Waals surface area contributed by atoms with Gasteiger partial charge in [0.25, 0.3) is 0 Å². The minimum Gasteiger partial charge on any atom is -0.490 e. The molecule has 0 aliphatic rings. The van der Waals surface area contributed by atoms with Gasteiger partial charge in [0.1, 0.15) is 12.4 Å². The van der Waals surface area contributed by atoms with E-state index in [0.29, 0.717) is 29.7 Å². The van der Waals surface area contributed by atoms with Crippen molar-refractivity contribution in [3.05, 3.63) is 93.7 Å². The lowest BCUT2D eigenvalue weighted by Gasteiger charge is -2.18. The molecule has 0 heterocycles. The highest BCUT2D eigenvalue weighted by atomic mass is 79.9. The zero-order chi connectivity index (χ0) is 22.1. The number of benzene rings is 3. The molecular formula is C26H29BrFNO2. The second-order valence-corrected chi connectivity index (χ2v) is 8.38. The van der Waals surface area contributed by atoms with E-state index in [0.717, 1.165) is 29.4 Å². The van der Waals surface area contributed by atoms with Crippen molar-refractivity contribution in [2.75, 3.05) is 6.61 Å². The normalized spacial score (nSPS) is 11.9. The Morgan fingerprint density at radius 3 is 2.45 bits per heavy atom. The van der Waals surface area contributed by atoms with E-state index in [1.54, 1.807) is 18.2 Å². The third-order valence-electron chi connectivity index (χ3n) is 5.06. The molecule has 164 valence electrons. The third-order valence-corrected chi connectivity index (χ3v) is 5.65. The zero-order valence-electron chi connectivity index (χ0n) is 18.0. The number of ether oxygens (including phenoxy) is 2. The molecule has 31 heavy (non-hydrogen) atoms. The van der Waals surface area contributed by atoms with Crippen LogP contribution < -0.4 is 14.8 Å². The van der Waals surface area contributed by atoms with Crippen LogP contribution >= 0.6 is 15.9 Å². The average molecular weight is 486 g/mol. The minimum absolute atomic E-state index is 0.138. The fourth-order valence-corrected chi connectivity index (χ4v) is 3.92. The summed E-state index contributed by atoms with van der Waals surface area (Å²) >= 11 is 3.60. The first-order valence-electron chi connectivity index (χ1n) is 10.7. The van der Waals surface area contributed by atoms with Crippen molar-refractivity contribution in [1.82, 2.24) is 5.32 Å². The molecule has 5 heteroatoms. The first kappa shape index (κ1) is 23.3. The van der Waals surface area contributed by atoms with Crippen molar-refractivity contribution in [2.24, 2.45) is 0 Å². The van der Waals surface area contributed by atoms with Crippen LogP contribution in [0.15, 0.2) is 71.2 Å². The molecule has 0 saturated heterocycles. The van der Waals surface area contributed by atoms with Crippen molar-refractivity contribution < 1.29 is 13.9 Å². The molecule has 3 nitrogen and oxygen atoms in total. The summed E-state index contributed by atoms with van der Waals surface area (Å²) in [4.78, 5) is 0. The number of hydrogen-bond donors (Lipinski definition) is 1. The number of nitrogens with one attached hydrogen (secondary N) is 1. The van der Waals surface area contributed by atoms with Crippen molar-refractivity contribution in [3.63, 3.8) is 0 Å². The monoisotopic (exact) mass is 485 g/mol. The number of aryl methyl sites for hydroxylation is 1. The molecule has 0 aromatic heterocycles. The molecule has 0 aliphatic carbocycles. The van der Waals surface area contributed by atoms with Crippen LogP contribution in [0, 0.1) is 5.82 Å². The quantitative estimate of drug-likeness (QED) is 0.328. The lowest BCUT2D eigenvalue weighted by Crippen LogP contribution is -2.26. The van der Waals surface area contributed by atoms with Gasteiger partial charge in [-0.3, -0.25) is 0 Å². The van der Waals surface area contributed by atoms with Gasteiger partial charge in [0, 0.05) is 18.2 Å². The Bertz CT molecular complexity index is 965. The average Bonchev–Trinajstić information content (AvgIpc) is 2.77. The number of halogens is 2. The van der Waals surface area contributed by atoms with Gasteiger partial charge in [-0.1, -0.05) is 48.5 Å². The minimum atomic E-state index is -0.276. The lowest BCUT2D eigenvalue weighted by atomic mass is 10.1. The molecule has 1 N–H and O–H groups in total. The smallest absolute Gasteiger partial charge is 0.175 e. The van der Waals surface area contributed by atoms with Gasteiger partial charge in [-0.2, -0.15) is 0 Å². The highest BCUT2D eigenvalue weighted by Crippen LogP contribution is 2.37. The highest BCUT2D eigenvalue weighted by Gasteiger charge is 2.14. The van der Waals surface area contributed by atoms with E-state index < -0.39 is 0 Å². The van der Waals surface area contributed by atoms with Gasteiger partial charge >= 0.3 is 0 Å². The molecule has 3 aromatic carbocycles. The standard InChI is InChI=1S/C26H29BrFNO2/c1-3-30-25-16-21(17-29-19(2)13-14-20-9-5-4-6-10-20)15-23(27)26(25)31-18-22-11-7-8-12-24(22)28/h4-12,15-16,19,29H,3,13-14,17-18H2,1-2H3/t19-/m0/s1. The predicted octanol–water partition coefficient (Wildman–Crippen LogP) is 6.68. The molecule has 0 saturated carbocycles. The maximum atomic E-state index is 13.9. The summed E-state index contributed by atoms with van der Waals surface area (Å²) in [5.41, 5.74) is 2.96. The van der Waals surface area contributed by atoms with Crippen LogP contribution in [0.2, 0.25) is 0 Å². The zero-order valence-corrected chi connectivity index (χ0v) is 19.6. The summed E-state index contributed by atoms with van der Waals surface area (Å²) in [7, 11) is 0. The van der Waals surface area contributed by atoms with E-state index in [4.69, 9.17) is 9.47 Å². The fraction of sp³-hybridized carbons (Fsp3) is 0.308. The van der Waals surface area contributed by atoms with Crippen molar-refractivity contribution in [1.29, 1.82) is 0 Å². The van der Waals surface area contributed by atoms with E-state index in [2.05, 4.69) is 52.4 Å². The van der Waals surface area contributed by atoms with Crippen LogP contribution in [0.1, 0.15) is 37.0 Å². The molecule has 3 aromatic rings. The molecule has 3 rings (SSSR count). The van der Waals surface area contributed by atoms with E-state index in [1.807, 2.05) is 25.1 Å². The van der Waals surface area contributed by atoms with Crippen LogP contribution in [0.5, 0.6) is 11.5 Å². The van der Waals surface area contributed by atoms with Crippen LogP contribution in [-0.2, 0) is 19.6 Å². The van der Waals surface area contributed by atoms with Crippen molar-refractivity contribution >= 4 is 15.9 Å². The van der Waals surface area contributed by atoms with Crippen LogP contribution in [0.4, 0.5) is 4.39 Å². The first-order valence-corrected chi connectivity index (χ1v) is 11.4. The third kappa shape index (κ3) is 7.08. The number of hydrogen-bond acceptors (Lipinski definition) is 3. The van der Waals surface area contributed by atoms with E-state index in [1.165, 1.54) is 11.6 Å². The van der Waals surface area contributed by atoms with Crippen LogP contribution in [-0.4, -0.2) is 12.6 Å². The molecule has 0 bridgehead atoms. The molecule has 0 spiro atoms. The van der Waals surface area contributed by atoms with E-state index >= 15 is 0 Å². The molecule has 0 amide bonds. The Morgan fingerprint density at radius 1 is 0.968 bits per heavy atom. The van der Waals surface area contributed by atoms with Gasteiger partial charge in [-0.25, -0.2) is 4.39 Å². The van der Waals surface area contributed by atoms with Crippen molar-refractivity contribution in [2.45, 2.75) is 45.9 Å². The van der Waals surface area contributed by atoms with Gasteiger partial charge in [-0.05, 0) is 71.9 Å². The van der Waals surface area contributed by atoms with Gasteiger partial charge in [-0.15, -0.1) is 0 Å². The predicted molar refractivity (Wildman–Crippen MR) is 127 cm³/mol. The second-order valence-electron chi connectivity index (χ2n) is 7.52. The Kier molecular flexibility index (Phi) is 8.92.